The van der Waals surface area contributed by atoms with Crippen LogP contribution in [0.3, 0.4) is 0 Å². The third kappa shape index (κ3) is 18.6. The molecule has 0 amide bonds. The summed E-state index contributed by atoms with van der Waals surface area (Å²) < 4.78 is 236. The first-order chi connectivity index (χ1) is 63.9. The molecule has 21 heterocycles. The fourth-order valence-corrected chi connectivity index (χ4v) is 27.6. The van der Waals surface area contributed by atoms with Crippen LogP contribution in [0.5, 0.6) is 0 Å². The van der Waals surface area contributed by atoms with Crippen molar-refractivity contribution < 1.29 is 138 Å². The number of hydrogen-bond acceptors (Lipinski definition) is 49. The molecule has 0 spiro atoms. The van der Waals surface area contributed by atoms with Gasteiger partial charge in [-0.05, 0) is 29.7 Å². The lowest BCUT2D eigenvalue weighted by atomic mass is 10.1. The number of nitrogens with two attached hydrogens (primary N) is 6. The Morgan fingerprint density at radius 3 is 1.19 bits per heavy atom. The van der Waals surface area contributed by atoms with Gasteiger partial charge in [-0.25, -0.2) is 89.5 Å². The molecule has 6 bridgehead atoms. The summed E-state index contributed by atoms with van der Waals surface area (Å²) in [6.45, 7) is -17.6. The number of thiol groups is 1. The van der Waals surface area contributed by atoms with Crippen molar-refractivity contribution in [3.05, 3.63) is 81.3 Å². The second-order valence-electron chi connectivity index (χ2n) is 30.0. The van der Waals surface area contributed by atoms with E-state index in [1.54, 1.807) is 0 Å². The molecule has 9 saturated heterocycles. The summed E-state index contributed by atoms with van der Waals surface area (Å²) in [5.74, 6) is -0.753. The predicted octanol–water partition coefficient (Wildman–Crippen LogP) is 1.55. The number of halogens is 6. The fourth-order valence-electron chi connectivity index (χ4n) is 15.5. The normalized spacial score (nSPS) is 37.7. The minimum absolute atomic E-state index is 0.0113. The molecule has 0 radical (unpaired) electrons. The molecule has 6 unspecified atom stereocenters. The van der Waals surface area contributed by atoms with Crippen LogP contribution in [0.1, 0.15) is 34.8 Å². The molecule has 9 fully saturated rings. The number of aromatic nitrogens is 25. The minimum Gasteiger partial charge on any atom is -0.397 e. The van der Waals surface area contributed by atoms with Gasteiger partial charge in [-0.2, -0.15) is 24.3 Å². The molecule has 0 aromatic carbocycles. The molecule has 21 rings (SSSR count). The maximum absolute atomic E-state index is 15.9. The van der Waals surface area contributed by atoms with Gasteiger partial charge >= 0.3 is 43.7 Å². The monoisotopic (exact) mass is 2130 g/mol. The lowest BCUT2D eigenvalue weighted by Gasteiger charge is -2.27. The Morgan fingerprint density at radius 1 is 0.400 bits per heavy atom. The zero-order chi connectivity index (χ0) is 95.5. The highest BCUT2D eigenvalue weighted by Gasteiger charge is 2.60. The first kappa shape index (κ1) is 95.7. The van der Waals surface area contributed by atoms with Gasteiger partial charge in [-0.3, -0.25) is 92.8 Å². The topological polar surface area (TPSA) is 798 Å². The number of ether oxygens (including phenoxy) is 3. The predicted molar refractivity (Wildman–Crippen MR) is 461 cm³/mol. The average molecular weight is 2130 g/mol. The van der Waals surface area contributed by atoms with Crippen LogP contribution in [-0.4, -0.2) is 295 Å². The van der Waals surface area contributed by atoms with Crippen LogP contribution in [0.25, 0.3) is 67.0 Å². The number of anilines is 6. The van der Waals surface area contributed by atoms with Crippen LogP contribution in [0.4, 0.5) is 61.5 Å². The first-order valence-electron chi connectivity index (χ1n) is 38.5. The van der Waals surface area contributed by atoms with Crippen molar-refractivity contribution in [1.82, 2.24) is 123 Å². The Kier molecular flexibility index (Phi) is 25.9. The minimum atomic E-state index is -5.10. The van der Waals surface area contributed by atoms with Crippen LogP contribution in [-0.2, 0) is 110 Å². The molecule has 0 saturated carbocycles. The van der Waals surface area contributed by atoms with E-state index in [-0.39, 0.29) is 102 Å². The number of thioether (sulfide) groups is 3. The first-order valence-corrected chi connectivity index (χ1v) is 53.7. The summed E-state index contributed by atoms with van der Waals surface area (Å²) in [5, 5.41) is 8.41. The summed E-state index contributed by atoms with van der Waals surface area (Å²) in [6, 6.07) is 1.46. The van der Waals surface area contributed by atoms with Crippen LogP contribution in [0.15, 0.2) is 64.6 Å². The highest BCUT2D eigenvalue weighted by molar-refractivity contribution is 8.44. The Balaban J connectivity index is 0.000000130. The van der Waals surface area contributed by atoms with Crippen LogP contribution in [0.2, 0.25) is 0 Å². The van der Waals surface area contributed by atoms with E-state index >= 15 is 26.3 Å². The number of pyridine rings is 1. The molecule has 58 nitrogen and oxygen atoms in total. The largest absolute Gasteiger partial charge is 0.472 e. The van der Waals surface area contributed by atoms with E-state index in [1.807, 2.05) is 0 Å². The molecule has 9 aliphatic heterocycles. The zero-order valence-electron chi connectivity index (χ0n) is 66.7. The number of phosphoric ester groups is 3. The number of aromatic amines is 3. The number of nitrogens with zero attached hydrogens (tertiary/aromatic N) is 22. The van der Waals surface area contributed by atoms with E-state index in [0.29, 0.717) is 0 Å². The summed E-state index contributed by atoms with van der Waals surface area (Å²) in [7, 11) is -15.3. The fraction of sp³-hybridized carbons (Fsp3) is 0.508. The molecular weight excluding hydrogens is 2070 g/mol. The van der Waals surface area contributed by atoms with E-state index in [2.05, 4.69) is 108 Å². The van der Waals surface area contributed by atoms with Crippen molar-refractivity contribution in [3.63, 3.8) is 0 Å². The molecule has 0 aliphatic carbocycles. The van der Waals surface area contributed by atoms with Gasteiger partial charge in [0.1, 0.15) is 108 Å². The smallest absolute Gasteiger partial charge is 0.397 e. The third-order valence-corrected chi connectivity index (χ3v) is 33.8. The Hall–Kier alpha value is -8.17. The third-order valence-electron chi connectivity index (χ3n) is 21.5. The molecule has 76 heteroatoms. The standard InChI is InChI=1S/2C20H22F2N10O9P2S2.C19H21F2N11O9P2S2/c21-8-7-2-37-42(34,35)40-12-6(39-18(9(12)22)31-4-27-10-14(23)25-3-26-15(10)31)1-38-43(36,44)41-13(8)19(45-7)32-5-28-11-16(32)29-20(24)30-17(11)33;21-9-8-4-37-42(34,35)40-13-7(39-18(10(13)22)32-15-11(29-30-32)6(23)1-2-25-15)3-38-43(36,44)41-14(9)19(45-8)31-5-26-12-16(31)27-20(24)28-17(12)33;20-7-6-2-37-42(34,35)40-11-5(39-17(8(11)21)32-14-9(29-30-32)13(22)24-3-25-14)1-38-43(36,44)41-12(7)18(45-6)31-4-26-10-15(31)27-19(23)28-16(10)33/h3-9,12-13,18-19H,1-2H2,(H,34,35)(H,36,44)(H2,23,25,26)(H3,24,29,30,33);1-2,5,7-10,13-14,18-19H,3-4H2,(H2,23,25)(H,34,35)(H,36,44)(H3,24,27,28,33);3-8,11-12,17-18H,1-2H2,(H,34,35)(H,36,44)(H2,22,24,25)(H3,23,27,28,33)/t6-,7-,8+,9+,12-,13-,18-,19-,43?;7-,8-,9+,10+,13-,14-,18-,19-,43?;5-,6-,7+,8+,11-,12-,17-,18-,43?/m111/s1. The zero-order valence-corrected chi connectivity index (χ0v) is 77.0. The number of hydrogen-bond donors (Lipinski definition) is 15. The van der Waals surface area contributed by atoms with Gasteiger partial charge in [0.25, 0.3) is 16.7 Å². The molecule has 12 aromatic rings. The summed E-state index contributed by atoms with van der Waals surface area (Å²) in [4.78, 5) is 146. The number of H-pyrrole nitrogens is 3. The number of phosphoric acid groups is 3. The van der Waals surface area contributed by atoms with Crippen LogP contribution >= 0.6 is 91.2 Å². The maximum atomic E-state index is 15.9. The lowest BCUT2D eigenvalue weighted by Crippen LogP contribution is -2.34. The second kappa shape index (κ2) is 36.5. The quantitative estimate of drug-likeness (QED) is 0.0638. The molecule has 20 N–H and O–H groups in total. The number of fused-ring (bicyclic) bond motifs is 15. The number of imidazole rings is 4. The van der Waals surface area contributed by atoms with E-state index in [4.69, 9.17) is 127 Å². The van der Waals surface area contributed by atoms with Crippen molar-refractivity contribution in [2.24, 2.45) is 0 Å². The molecular formula is C59H65F6N31O27P6S6. The molecule has 12 aromatic heterocycles. The van der Waals surface area contributed by atoms with E-state index in [9.17, 15) is 57.1 Å². The van der Waals surface area contributed by atoms with Crippen LogP contribution < -0.4 is 51.1 Å². The number of nitrogens with one attached hydrogen (secondary N) is 3. The van der Waals surface area contributed by atoms with Crippen molar-refractivity contribution in [3.8, 4) is 0 Å². The summed E-state index contributed by atoms with van der Waals surface area (Å²) in [5.41, 5.74) is 32.8. The van der Waals surface area contributed by atoms with Gasteiger partial charge in [-0.15, -0.1) is 45.5 Å². The second-order valence-corrected chi connectivity index (χ2v) is 46.8. The maximum Gasteiger partial charge on any atom is 0.472 e. The van der Waals surface area contributed by atoms with Crippen molar-refractivity contribution >= 4 is 217 Å². The number of alkyl halides is 6. The van der Waals surface area contributed by atoms with E-state index in [1.165, 1.54) is 55.8 Å². The summed E-state index contributed by atoms with van der Waals surface area (Å²) in [6.07, 6.45) is -23.7. The van der Waals surface area contributed by atoms with Gasteiger partial charge in [0.05, 0.1) is 86.4 Å². The van der Waals surface area contributed by atoms with E-state index in [0.717, 1.165) is 57.3 Å². The Labute approximate surface area is 771 Å². The lowest BCUT2D eigenvalue weighted by molar-refractivity contribution is -0.0503. The number of rotatable bonds is 6. The molecule has 135 heavy (non-hydrogen) atoms. The molecule has 726 valence electrons. The molecule has 30 atom stereocenters. The highest BCUT2D eigenvalue weighted by atomic mass is 32.7. The van der Waals surface area contributed by atoms with Crippen molar-refractivity contribution in [2.45, 2.75) is 143 Å². The Morgan fingerprint density at radius 2 is 0.756 bits per heavy atom. The van der Waals surface area contributed by atoms with Gasteiger partial charge in [0, 0.05) is 6.20 Å². The summed E-state index contributed by atoms with van der Waals surface area (Å²) >= 11 is 16.9. The van der Waals surface area contributed by atoms with Crippen LogP contribution in [0, 0.1) is 0 Å². The van der Waals surface area contributed by atoms with Gasteiger partial charge in [-0.1, -0.05) is 22.7 Å². The van der Waals surface area contributed by atoms with Crippen molar-refractivity contribution in [2.75, 3.05) is 74.0 Å². The highest BCUT2D eigenvalue weighted by Crippen LogP contribution is 2.64. The SMILES string of the molecule is Nc1nc2c(ncn2[C@@H]2S[C@@H]3COP(=O)(O)O[C@H]4[C@H](F)[C@H](n5cnc6c(N)ncnc65)O[C@@H]4COP(=O)(S)O[C@@H]2[C@H]3F)c(=O)[nH]1.Nc1nc2c(ncn2[C@@H]2S[C@@H]3COP(=O)(O)O[C@H]4[C@H](F)[C@H](n5nnc6c(N)ccnc65)O[C@@H]4COP(O)(=S)O[C@@H]2[C@H]3F)c(=O)[nH]1.Nc1nc2c(ncn2[C@@H]2S[C@@H]3COP(=O)(O)O[C@H]4[C@H](F)[C@H](n5nnc6c(N)ncnc65)O[C@@H]4COP(O)(=S)O[C@@H]2[C@H]3F)c(=O)[nH]1. The van der Waals surface area contributed by atoms with Crippen molar-refractivity contribution in [1.29, 1.82) is 0 Å². The van der Waals surface area contributed by atoms with Gasteiger partial charge in [0.15, 0.2) is 110 Å². The van der Waals surface area contributed by atoms with E-state index < -0.39 is 243 Å². The average Bonchev–Trinajstić information content (AvgIpc) is 1.63. The number of nitrogen functional groups attached to an aromatic ring is 6. The van der Waals surface area contributed by atoms with Gasteiger partial charge < -0.3 is 82.1 Å². The Bertz CT molecular complexity index is 6510. The van der Waals surface area contributed by atoms with Gasteiger partial charge in [0.2, 0.25) is 17.8 Å². The molecule has 9 aliphatic rings.